The number of hydrogen-bond acceptors (Lipinski definition) is 5. The molecule has 2 aromatic carbocycles. The van der Waals surface area contributed by atoms with E-state index < -0.39 is 5.63 Å². The summed E-state index contributed by atoms with van der Waals surface area (Å²) >= 11 is 0. The zero-order valence-corrected chi connectivity index (χ0v) is 16.4. The Kier molecular flexibility index (Phi) is 5.36. The minimum atomic E-state index is -0.420. The lowest BCUT2D eigenvalue weighted by atomic mass is 10.1. The van der Waals surface area contributed by atoms with Crippen LogP contribution in [-0.2, 0) is 6.54 Å². The molecule has 0 spiro atoms. The van der Waals surface area contributed by atoms with Crippen LogP contribution in [0.4, 0.5) is 0 Å². The first-order chi connectivity index (χ1) is 14.0. The minimum Gasteiger partial charge on any atom is -0.508 e. The first-order valence-electron chi connectivity index (χ1n) is 9.85. The summed E-state index contributed by atoms with van der Waals surface area (Å²) in [5, 5.41) is 10.8. The zero-order chi connectivity index (χ0) is 20.4. The summed E-state index contributed by atoms with van der Waals surface area (Å²) in [5.74, 6) is 0.173. The van der Waals surface area contributed by atoms with E-state index in [1.807, 2.05) is 35.2 Å². The summed E-state index contributed by atoms with van der Waals surface area (Å²) in [4.78, 5) is 28.9. The zero-order valence-electron chi connectivity index (χ0n) is 16.4. The van der Waals surface area contributed by atoms with Crippen molar-refractivity contribution in [3.8, 4) is 5.75 Å². The molecule has 0 aliphatic carbocycles. The van der Waals surface area contributed by atoms with Crippen molar-refractivity contribution in [3.63, 3.8) is 0 Å². The van der Waals surface area contributed by atoms with E-state index in [1.54, 1.807) is 19.1 Å². The largest absolute Gasteiger partial charge is 0.508 e. The topological polar surface area (TPSA) is 74.0 Å². The Balaban J connectivity index is 1.52. The third-order valence-corrected chi connectivity index (χ3v) is 5.51. The quantitative estimate of drug-likeness (QED) is 0.693. The Bertz CT molecular complexity index is 1090. The van der Waals surface area contributed by atoms with Crippen molar-refractivity contribution in [2.45, 2.75) is 19.9 Å². The molecule has 0 unspecified atom stereocenters. The number of aromatic hydroxyl groups is 1. The maximum atomic E-state index is 12.7. The van der Waals surface area contributed by atoms with Gasteiger partial charge in [-0.3, -0.25) is 9.69 Å². The molecule has 150 valence electrons. The fraction of sp³-hybridized carbons (Fsp3) is 0.304. The molecule has 0 radical (unpaired) electrons. The van der Waals surface area contributed by atoms with Crippen molar-refractivity contribution in [1.82, 2.24) is 9.80 Å². The molecule has 1 saturated heterocycles. The van der Waals surface area contributed by atoms with E-state index in [2.05, 4.69) is 4.90 Å². The van der Waals surface area contributed by atoms with Gasteiger partial charge in [0, 0.05) is 55.3 Å². The summed E-state index contributed by atoms with van der Waals surface area (Å²) in [6.45, 7) is 5.28. The summed E-state index contributed by atoms with van der Waals surface area (Å²) < 4.78 is 5.34. The SMILES string of the molecule is Cc1c(O)ccc2c(CN3CCCN(C(=O)c4ccccc4)CC3)cc(=O)oc12. The summed E-state index contributed by atoms with van der Waals surface area (Å²) in [5.41, 5.74) is 2.17. The molecule has 29 heavy (non-hydrogen) atoms. The second-order valence-corrected chi connectivity index (χ2v) is 7.46. The number of fused-ring (bicyclic) bond motifs is 1. The van der Waals surface area contributed by atoms with Crippen molar-refractivity contribution in [2.24, 2.45) is 0 Å². The molecule has 0 atom stereocenters. The van der Waals surface area contributed by atoms with Gasteiger partial charge in [0.15, 0.2) is 0 Å². The van der Waals surface area contributed by atoms with Gasteiger partial charge in [0.1, 0.15) is 11.3 Å². The minimum absolute atomic E-state index is 0.0596. The predicted molar refractivity (Wildman–Crippen MR) is 111 cm³/mol. The maximum Gasteiger partial charge on any atom is 0.336 e. The number of aryl methyl sites for hydroxylation is 1. The molecule has 1 aromatic heterocycles. The van der Waals surface area contributed by atoms with Crippen LogP contribution in [0.2, 0.25) is 0 Å². The molecule has 0 bridgehead atoms. The summed E-state index contributed by atoms with van der Waals surface area (Å²) in [6.07, 6.45) is 0.873. The number of amides is 1. The highest BCUT2D eigenvalue weighted by molar-refractivity contribution is 5.94. The van der Waals surface area contributed by atoms with Gasteiger partial charge >= 0.3 is 5.63 Å². The van der Waals surface area contributed by atoms with E-state index >= 15 is 0 Å². The highest BCUT2D eigenvalue weighted by Crippen LogP contribution is 2.28. The van der Waals surface area contributed by atoms with Crippen molar-refractivity contribution in [1.29, 1.82) is 0 Å². The van der Waals surface area contributed by atoms with Gasteiger partial charge in [0.2, 0.25) is 0 Å². The van der Waals surface area contributed by atoms with Crippen LogP contribution in [0.3, 0.4) is 0 Å². The third kappa shape index (κ3) is 4.03. The normalized spacial score (nSPS) is 15.4. The Labute approximate surface area is 169 Å². The Morgan fingerprint density at radius 3 is 2.66 bits per heavy atom. The van der Waals surface area contributed by atoms with Crippen LogP contribution >= 0.6 is 0 Å². The number of phenolic OH excluding ortho intramolecular Hbond substituents is 1. The highest BCUT2D eigenvalue weighted by atomic mass is 16.4. The van der Waals surface area contributed by atoms with Crippen molar-refractivity contribution in [2.75, 3.05) is 26.2 Å². The van der Waals surface area contributed by atoms with Gasteiger partial charge in [-0.05, 0) is 43.2 Å². The number of nitrogens with zero attached hydrogens (tertiary/aromatic N) is 2. The molecule has 3 aromatic rings. The molecule has 1 N–H and O–H groups in total. The summed E-state index contributed by atoms with van der Waals surface area (Å²) in [6, 6.07) is 14.3. The highest BCUT2D eigenvalue weighted by Gasteiger charge is 2.21. The Morgan fingerprint density at radius 2 is 1.86 bits per heavy atom. The van der Waals surface area contributed by atoms with Crippen LogP contribution in [0.15, 0.2) is 57.7 Å². The average Bonchev–Trinajstić information content (AvgIpc) is 2.97. The van der Waals surface area contributed by atoms with Gasteiger partial charge < -0.3 is 14.4 Å². The van der Waals surface area contributed by atoms with E-state index in [0.717, 1.165) is 37.0 Å². The Morgan fingerprint density at radius 1 is 1.07 bits per heavy atom. The van der Waals surface area contributed by atoms with Gasteiger partial charge in [-0.2, -0.15) is 0 Å². The van der Waals surface area contributed by atoms with E-state index in [-0.39, 0.29) is 11.7 Å². The van der Waals surface area contributed by atoms with Crippen LogP contribution < -0.4 is 5.63 Å². The van der Waals surface area contributed by atoms with Crippen LogP contribution in [0.25, 0.3) is 11.0 Å². The first-order valence-corrected chi connectivity index (χ1v) is 9.85. The summed E-state index contributed by atoms with van der Waals surface area (Å²) in [7, 11) is 0. The molecular weight excluding hydrogens is 368 g/mol. The average molecular weight is 392 g/mol. The first kappa shape index (κ1) is 19.2. The Hall–Kier alpha value is -3.12. The van der Waals surface area contributed by atoms with E-state index in [1.165, 1.54) is 6.07 Å². The van der Waals surface area contributed by atoms with E-state index in [0.29, 0.717) is 29.8 Å². The van der Waals surface area contributed by atoms with Crippen LogP contribution in [0.1, 0.15) is 27.9 Å². The molecule has 1 aliphatic rings. The van der Waals surface area contributed by atoms with Crippen LogP contribution in [-0.4, -0.2) is 47.0 Å². The van der Waals surface area contributed by atoms with Crippen LogP contribution in [0.5, 0.6) is 5.75 Å². The number of carbonyl (C=O) groups is 1. The second-order valence-electron chi connectivity index (χ2n) is 7.46. The standard InChI is InChI=1S/C23H24N2O4/c1-16-20(26)9-8-19-18(14-21(27)29-22(16)19)15-24-10-5-11-25(13-12-24)23(28)17-6-3-2-4-7-17/h2-4,6-9,14,26H,5,10-13,15H2,1H3. The van der Waals surface area contributed by atoms with E-state index in [9.17, 15) is 14.7 Å². The molecule has 1 aliphatic heterocycles. The molecule has 0 saturated carbocycles. The van der Waals surface area contributed by atoms with Crippen molar-refractivity contribution >= 4 is 16.9 Å². The monoisotopic (exact) mass is 392 g/mol. The third-order valence-electron chi connectivity index (χ3n) is 5.51. The molecule has 1 amide bonds. The number of carbonyl (C=O) groups excluding carboxylic acids is 1. The number of phenols is 1. The molecule has 6 heteroatoms. The lowest BCUT2D eigenvalue weighted by Gasteiger charge is -2.22. The fourth-order valence-electron chi connectivity index (χ4n) is 3.88. The molecule has 4 rings (SSSR count). The lowest BCUT2D eigenvalue weighted by Crippen LogP contribution is -2.35. The van der Waals surface area contributed by atoms with Gasteiger partial charge in [-0.15, -0.1) is 0 Å². The second kappa shape index (κ2) is 8.09. The fourth-order valence-corrected chi connectivity index (χ4v) is 3.88. The van der Waals surface area contributed by atoms with Crippen molar-refractivity contribution in [3.05, 3.63) is 75.6 Å². The number of benzene rings is 2. The smallest absolute Gasteiger partial charge is 0.336 e. The van der Waals surface area contributed by atoms with Gasteiger partial charge in [0.05, 0.1) is 0 Å². The molecule has 6 nitrogen and oxygen atoms in total. The number of hydrogen-bond donors (Lipinski definition) is 1. The number of rotatable bonds is 3. The molecule has 2 heterocycles. The predicted octanol–water partition coefficient (Wildman–Crippen LogP) is 3.16. The molecular formula is C23H24N2O4. The lowest BCUT2D eigenvalue weighted by molar-refractivity contribution is 0.0761. The van der Waals surface area contributed by atoms with Crippen LogP contribution in [0, 0.1) is 6.92 Å². The van der Waals surface area contributed by atoms with Gasteiger partial charge in [0.25, 0.3) is 5.91 Å². The van der Waals surface area contributed by atoms with Crippen molar-refractivity contribution < 1.29 is 14.3 Å². The van der Waals surface area contributed by atoms with Gasteiger partial charge in [-0.25, -0.2) is 4.79 Å². The molecule has 1 fully saturated rings. The van der Waals surface area contributed by atoms with Gasteiger partial charge in [-0.1, -0.05) is 18.2 Å². The van der Waals surface area contributed by atoms with E-state index in [4.69, 9.17) is 4.42 Å². The maximum absolute atomic E-state index is 12.7.